The molecular formula is C19H25NO5. The number of nitrogens with zero attached hydrogens (tertiary/aromatic N) is 1. The molecule has 0 aliphatic carbocycles. The molecule has 0 aromatic heterocycles. The van der Waals surface area contributed by atoms with Crippen LogP contribution < -0.4 is 4.74 Å². The molecule has 6 nitrogen and oxygen atoms in total. The Bertz CT molecular complexity index is 655. The van der Waals surface area contributed by atoms with Crippen LogP contribution in [0, 0.1) is 0 Å². The molecule has 2 rings (SSSR count). The average Bonchev–Trinajstić information content (AvgIpc) is 2.60. The van der Waals surface area contributed by atoms with E-state index in [9.17, 15) is 14.7 Å². The summed E-state index contributed by atoms with van der Waals surface area (Å²) < 4.78 is 10.9. The van der Waals surface area contributed by atoms with Gasteiger partial charge in [-0.1, -0.05) is 19.6 Å². The Labute approximate surface area is 148 Å². The number of esters is 1. The van der Waals surface area contributed by atoms with E-state index in [1.54, 1.807) is 13.0 Å². The van der Waals surface area contributed by atoms with Crippen LogP contribution in [-0.4, -0.2) is 41.1 Å². The SMILES string of the molecule is C=CC(=O)OCC(CC)N1COc2c(O)cc(CCC(C)=O)cc2C1. The third-order valence-corrected chi connectivity index (χ3v) is 4.29. The Morgan fingerprint density at radius 2 is 2.24 bits per heavy atom. The van der Waals surface area contributed by atoms with Gasteiger partial charge in [0.15, 0.2) is 11.5 Å². The lowest BCUT2D eigenvalue weighted by Gasteiger charge is -2.35. The monoisotopic (exact) mass is 347 g/mol. The second-order valence-corrected chi connectivity index (χ2v) is 6.22. The van der Waals surface area contributed by atoms with E-state index in [-0.39, 0.29) is 24.2 Å². The van der Waals surface area contributed by atoms with Crippen molar-refractivity contribution in [3.63, 3.8) is 0 Å². The minimum atomic E-state index is -0.444. The highest BCUT2D eigenvalue weighted by Gasteiger charge is 2.26. The van der Waals surface area contributed by atoms with Crippen molar-refractivity contribution in [2.75, 3.05) is 13.3 Å². The van der Waals surface area contributed by atoms with Crippen LogP contribution >= 0.6 is 0 Å². The van der Waals surface area contributed by atoms with Crippen molar-refractivity contribution >= 4 is 11.8 Å². The molecule has 25 heavy (non-hydrogen) atoms. The van der Waals surface area contributed by atoms with Gasteiger partial charge in [0, 0.05) is 30.6 Å². The van der Waals surface area contributed by atoms with E-state index in [1.807, 2.05) is 13.0 Å². The number of fused-ring (bicyclic) bond motifs is 1. The number of Topliss-reactive ketones (excluding diaryl/α,β-unsaturated/α-hetero) is 1. The molecule has 1 aliphatic rings. The summed E-state index contributed by atoms with van der Waals surface area (Å²) in [6, 6.07) is 3.63. The molecule has 0 amide bonds. The fourth-order valence-electron chi connectivity index (χ4n) is 2.85. The Kier molecular flexibility index (Phi) is 6.58. The van der Waals surface area contributed by atoms with Crippen molar-refractivity contribution in [1.82, 2.24) is 4.90 Å². The lowest BCUT2D eigenvalue weighted by atomic mass is 10.0. The summed E-state index contributed by atoms with van der Waals surface area (Å²) in [5, 5.41) is 10.2. The number of rotatable bonds is 8. The van der Waals surface area contributed by atoms with Gasteiger partial charge >= 0.3 is 5.97 Å². The second-order valence-electron chi connectivity index (χ2n) is 6.22. The molecule has 1 N–H and O–H groups in total. The quantitative estimate of drug-likeness (QED) is 0.575. The predicted molar refractivity (Wildman–Crippen MR) is 93.4 cm³/mol. The van der Waals surface area contributed by atoms with Crippen molar-refractivity contribution in [2.24, 2.45) is 0 Å². The molecule has 1 aromatic carbocycles. The van der Waals surface area contributed by atoms with Crippen molar-refractivity contribution in [3.8, 4) is 11.5 Å². The minimum Gasteiger partial charge on any atom is -0.504 e. The first-order valence-corrected chi connectivity index (χ1v) is 8.44. The maximum atomic E-state index is 11.3. The van der Waals surface area contributed by atoms with Crippen LogP contribution in [0.1, 0.15) is 37.8 Å². The molecule has 0 bridgehead atoms. The molecule has 1 atom stereocenters. The van der Waals surface area contributed by atoms with Gasteiger partial charge in [-0.15, -0.1) is 0 Å². The van der Waals surface area contributed by atoms with Gasteiger partial charge in [-0.3, -0.25) is 4.90 Å². The maximum absolute atomic E-state index is 11.3. The smallest absolute Gasteiger partial charge is 0.330 e. The summed E-state index contributed by atoms with van der Waals surface area (Å²) >= 11 is 0. The van der Waals surface area contributed by atoms with Crippen LogP contribution in [0.3, 0.4) is 0 Å². The van der Waals surface area contributed by atoms with Crippen LogP contribution in [0.5, 0.6) is 11.5 Å². The molecule has 1 aliphatic heterocycles. The largest absolute Gasteiger partial charge is 0.504 e. The van der Waals surface area contributed by atoms with E-state index in [1.165, 1.54) is 0 Å². The number of ketones is 1. The van der Waals surface area contributed by atoms with E-state index in [0.29, 0.717) is 31.9 Å². The molecule has 136 valence electrons. The highest BCUT2D eigenvalue weighted by Crippen LogP contribution is 2.36. The summed E-state index contributed by atoms with van der Waals surface area (Å²) in [6.45, 7) is 8.12. The number of carbonyl (C=O) groups excluding carboxylic acids is 2. The lowest BCUT2D eigenvalue weighted by molar-refractivity contribution is -0.140. The number of phenols is 1. The standard InChI is InChI=1S/C19H25NO5/c1-4-16(11-24-18(23)5-2)20-10-15-8-14(7-6-13(3)21)9-17(22)19(15)25-12-20/h5,8-9,16,22H,2,4,6-7,10-12H2,1,3H3. The maximum Gasteiger partial charge on any atom is 0.330 e. The van der Waals surface area contributed by atoms with Gasteiger partial charge in [-0.25, -0.2) is 4.79 Å². The average molecular weight is 347 g/mol. The zero-order chi connectivity index (χ0) is 18.4. The van der Waals surface area contributed by atoms with Crippen molar-refractivity contribution in [2.45, 2.75) is 45.7 Å². The molecule has 1 heterocycles. The summed E-state index contributed by atoms with van der Waals surface area (Å²) in [5.41, 5.74) is 1.78. The Balaban J connectivity index is 2.10. The fraction of sp³-hybridized carbons (Fsp3) is 0.474. The van der Waals surface area contributed by atoms with E-state index in [4.69, 9.17) is 9.47 Å². The summed E-state index contributed by atoms with van der Waals surface area (Å²) in [4.78, 5) is 24.5. The zero-order valence-electron chi connectivity index (χ0n) is 14.8. The van der Waals surface area contributed by atoms with Crippen LogP contribution in [0.4, 0.5) is 0 Å². The number of aryl methyl sites for hydroxylation is 1. The zero-order valence-corrected chi connectivity index (χ0v) is 14.8. The van der Waals surface area contributed by atoms with Crippen LogP contribution in [0.25, 0.3) is 0 Å². The molecule has 1 unspecified atom stereocenters. The molecule has 0 saturated carbocycles. The molecule has 0 fully saturated rings. The normalized spacial score (nSPS) is 15.0. The molecule has 0 radical (unpaired) electrons. The number of ether oxygens (including phenoxy) is 2. The fourth-order valence-corrected chi connectivity index (χ4v) is 2.85. The Hall–Kier alpha value is -2.34. The van der Waals surface area contributed by atoms with E-state index >= 15 is 0 Å². The third-order valence-electron chi connectivity index (χ3n) is 4.29. The van der Waals surface area contributed by atoms with Gasteiger partial charge in [-0.2, -0.15) is 0 Å². The third kappa shape index (κ3) is 5.06. The van der Waals surface area contributed by atoms with Gasteiger partial charge in [0.1, 0.15) is 19.1 Å². The first-order chi connectivity index (χ1) is 11.9. The number of hydrogen-bond donors (Lipinski definition) is 1. The van der Waals surface area contributed by atoms with Crippen LogP contribution in [0.15, 0.2) is 24.8 Å². The highest BCUT2D eigenvalue weighted by atomic mass is 16.5. The molecule has 0 saturated heterocycles. The van der Waals surface area contributed by atoms with Crippen LogP contribution in [0.2, 0.25) is 0 Å². The minimum absolute atomic E-state index is 0.0140. The number of hydrogen-bond acceptors (Lipinski definition) is 6. The number of benzene rings is 1. The first-order valence-electron chi connectivity index (χ1n) is 8.44. The summed E-state index contributed by atoms with van der Waals surface area (Å²) in [6.07, 6.45) is 2.97. The topological polar surface area (TPSA) is 76.1 Å². The van der Waals surface area contributed by atoms with E-state index in [2.05, 4.69) is 11.5 Å². The summed E-state index contributed by atoms with van der Waals surface area (Å²) in [7, 11) is 0. The van der Waals surface area contributed by atoms with Gasteiger partial charge < -0.3 is 19.4 Å². The highest BCUT2D eigenvalue weighted by molar-refractivity contribution is 5.81. The van der Waals surface area contributed by atoms with Crippen molar-refractivity contribution in [1.29, 1.82) is 0 Å². The molecule has 6 heteroatoms. The van der Waals surface area contributed by atoms with Crippen molar-refractivity contribution < 1.29 is 24.2 Å². The van der Waals surface area contributed by atoms with Gasteiger partial charge in [-0.05, 0) is 31.4 Å². The van der Waals surface area contributed by atoms with Crippen LogP contribution in [-0.2, 0) is 27.3 Å². The first kappa shape index (κ1) is 19.0. The lowest BCUT2D eigenvalue weighted by Crippen LogP contribution is -2.42. The Morgan fingerprint density at radius 3 is 2.88 bits per heavy atom. The number of phenolic OH excluding ortho intramolecular Hbond substituents is 1. The number of aromatic hydroxyl groups is 1. The van der Waals surface area contributed by atoms with Gasteiger partial charge in [0.2, 0.25) is 0 Å². The Morgan fingerprint density at radius 1 is 1.48 bits per heavy atom. The van der Waals surface area contributed by atoms with E-state index in [0.717, 1.165) is 23.6 Å². The van der Waals surface area contributed by atoms with Crippen molar-refractivity contribution in [3.05, 3.63) is 35.9 Å². The van der Waals surface area contributed by atoms with Gasteiger partial charge in [0.25, 0.3) is 0 Å². The summed E-state index contributed by atoms with van der Waals surface area (Å²) in [5.74, 6) is 0.258. The molecule has 1 aromatic rings. The predicted octanol–water partition coefficient (Wildman–Crippen LogP) is 2.57. The number of carbonyl (C=O) groups is 2. The second kappa shape index (κ2) is 8.67. The van der Waals surface area contributed by atoms with Gasteiger partial charge in [0.05, 0.1) is 0 Å². The molecular weight excluding hydrogens is 322 g/mol. The molecule has 0 spiro atoms. The van der Waals surface area contributed by atoms with E-state index < -0.39 is 5.97 Å².